The molecule has 2 aromatic rings. The van der Waals surface area contributed by atoms with Gasteiger partial charge in [0.1, 0.15) is 0 Å². The third-order valence-electron chi connectivity index (χ3n) is 2.66. The van der Waals surface area contributed by atoms with Crippen LogP contribution >= 0.6 is 11.3 Å². The number of aromatic nitrogens is 3. The molecule has 0 amide bonds. The second-order valence-corrected chi connectivity index (χ2v) is 5.36. The van der Waals surface area contributed by atoms with E-state index in [1.54, 1.807) is 17.5 Å². The van der Waals surface area contributed by atoms with Crippen molar-refractivity contribution in [3.8, 4) is 0 Å². The summed E-state index contributed by atoms with van der Waals surface area (Å²) in [6.45, 7) is 6.80. The van der Waals surface area contributed by atoms with Crippen molar-refractivity contribution in [3.05, 3.63) is 33.5 Å². The van der Waals surface area contributed by atoms with Gasteiger partial charge in [0.25, 0.3) is 0 Å². The van der Waals surface area contributed by atoms with E-state index >= 15 is 0 Å². The topological polar surface area (TPSA) is 50.9 Å². The van der Waals surface area contributed by atoms with Gasteiger partial charge in [-0.3, -0.25) is 4.68 Å². The van der Waals surface area contributed by atoms with Crippen molar-refractivity contribution in [2.75, 3.05) is 0 Å². The van der Waals surface area contributed by atoms with Crippen molar-refractivity contribution in [3.63, 3.8) is 0 Å². The van der Waals surface area contributed by atoms with Crippen LogP contribution in [-0.2, 0) is 13.0 Å². The molecular formula is C12H17N3OS. The van der Waals surface area contributed by atoms with Crippen LogP contribution in [0.25, 0.3) is 0 Å². The molecule has 2 aromatic heterocycles. The summed E-state index contributed by atoms with van der Waals surface area (Å²) >= 11 is 1.54. The number of rotatable bonds is 4. The van der Waals surface area contributed by atoms with Gasteiger partial charge in [-0.2, -0.15) is 5.10 Å². The van der Waals surface area contributed by atoms with Crippen molar-refractivity contribution < 1.29 is 5.11 Å². The Kier molecular flexibility index (Phi) is 3.59. The molecule has 5 heteroatoms. The largest absolute Gasteiger partial charge is 0.387 e. The van der Waals surface area contributed by atoms with E-state index in [1.165, 1.54) is 0 Å². The Balaban J connectivity index is 2.14. The Morgan fingerprint density at radius 2 is 2.24 bits per heavy atom. The van der Waals surface area contributed by atoms with Crippen LogP contribution in [0.3, 0.4) is 0 Å². The number of thiazole rings is 1. The van der Waals surface area contributed by atoms with Crippen molar-refractivity contribution in [2.24, 2.45) is 0 Å². The third-order valence-corrected chi connectivity index (χ3v) is 3.67. The van der Waals surface area contributed by atoms with E-state index in [2.05, 4.69) is 17.0 Å². The first-order chi connectivity index (χ1) is 8.10. The van der Waals surface area contributed by atoms with Crippen molar-refractivity contribution >= 4 is 11.3 Å². The molecule has 2 heterocycles. The molecule has 0 aliphatic heterocycles. The average molecular weight is 251 g/mol. The number of nitrogens with zero attached hydrogens (tertiary/aromatic N) is 3. The Morgan fingerprint density at radius 3 is 2.82 bits per heavy atom. The SMILES string of the molecule is CCn1nc(C)cc1CC(O)c1cnc(C)s1. The van der Waals surface area contributed by atoms with Gasteiger partial charge in [0.05, 0.1) is 21.7 Å². The molecule has 0 aliphatic carbocycles. The Hall–Kier alpha value is -1.20. The number of aliphatic hydroxyl groups is 1. The van der Waals surface area contributed by atoms with Crippen molar-refractivity contribution in [1.82, 2.24) is 14.8 Å². The average Bonchev–Trinajstić information content (AvgIpc) is 2.85. The Labute approximate surface area is 105 Å². The molecule has 0 bridgehead atoms. The number of hydrogen-bond donors (Lipinski definition) is 1. The molecule has 0 fully saturated rings. The summed E-state index contributed by atoms with van der Waals surface area (Å²) < 4.78 is 1.94. The van der Waals surface area contributed by atoms with E-state index in [-0.39, 0.29) is 0 Å². The van der Waals surface area contributed by atoms with Gasteiger partial charge >= 0.3 is 0 Å². The van der Waals surface area contributed by atoms with E-state index in [4.69, 9.17) is 0 Å². The molecule has 17 heavy (non-hydrogen) atoms. The molecule has 0 spiro atoms. The number of aryl methyl sites for hydroxylation is 3. The fourth-order valence-corrected chi connectivity index (χ4v) is 2.64. The van der Waals surface area contributed by atoms with Gasteiger partial charge in [-0.1, -0.05) is 0 Å². The second-order valence-electron chi connectivity index (χ2n) is 4.09. The van der Waals surface area contributed by atoms with Gasteiger partial charge in [-0.05, 0) is 26.8 Å². The minimum absolute atomic E-state index is 0.484. The minimum Gasteiger partial charge on any atom is -0.387 e. The standard InChI is InChI=1S/C12H17N3OS/c1-4-15-10(5-8(2)14-15)6-11(16)12-7-13-9(3)17-12/h5,7,11,16H,4,6H2,1-3H3. The van der Waals surface area contributed by atoms with Crippen LogP contribution in [0.2, 0.25) is 0 Å². The first-order valence-corrected chi connectivity index (χ1v) is 6.55. The summed E-state index contributed by atoms with van der Waals surface area (Å²) in [5, 5.41) is 15.5. The molecule has 92 valence electrons. The van der Waals surface area contributed by atoms with Crippen molar-refractivity contribution in [1.29, 1.82) is 0 Å². The van der Waals surface area contributed by atoms with Crippen LogP contribution in [0, 0.1) is 13.8 Å². The molecule has 0 saturated carbocycles. The predicted molar refractivity (Wildman–Crippen MR) is 68.2 cm³/mol. The summed E-state index contributed by atoms with van der Waals surface area (Å²) in [6.07, 6.45) is 1.86. The van der Waals surface area contributed by atoms with E-state index in [0.717, 1.165) is 27.8 Å². The Morgan fingerprint density at radius 1 is 1.47 bits per heavy atom. The maximum atomic E-state index is 10.1. The molecule has 0 aliphatic rings. The molecule has 2 rings (SSSR count). The summed E-state index contributed by atoms with van der Waals surface area (Å²) in [4.78, 5) is 5.08. The van der Waals surface area contributed by atoms with Crippen LogP contribution in [0.5, 0.6) is 0 Å². The lowest BCUT2D eigenvalue weighted by molar-refractivity contribution is 0.179. The molecule has 1 atom stereocenters. The normalized spacial score (nSPS) is 12.9. The van der Waals surface area contributed by atoms with Crippen LogP contribution in [0.1, 0.15) is 34.3 Å². The van der Waals surface area contributed by atoms with Crippen LogP contribution < -0.4 is 0 Å². The van der Waals surface area contributed by atoms with Crippen molar-refractivity contribution in [2.45, 2.75) is 39.8 Å². The summed E-state index contributed by atoms with van der Waals surface area (Å²) in [5.41, 5.74) is 2.07. The highest BCUT2D eigenvalue weighted by Crippen LogP contribution is 2.23. The zero-order valence-corrected chi connectivity index (χ0v) is 11.2. The highest BCUT2D eigenvalue weighted by molar-refractivity contribution is 7.11. The van der Waals surface area contributed by atoms with E-state index in [1.807, 2.05) is 24.6 Å². The summed E-state index contributed by atoms with van der Waals surface area (Å²) in [7, 11) is 0. The summed E-state index contributed by atoms with van der Waals surface area (Å²) in [6, 6.07) is 2.03. The van der Waals surface area contributed by atoms with Crippen LogP contribution in [0.15, 0.2) is 12.3 Å². The van der Waals surface area contributed by atoms with E-state index < -0.39 is 6.10 Å². The molecule has 1 unspecified atom stereocenters. The lowest BCUT2D eigenvalue weighted by Gasteiger charge is -2.09. The fourth-order valence-electron chi connectivity index (χ4n) is 1.87. The highest BCUT2D eigenvalue weighted by Gasteiger charge is 2.14. The maximum absolute atomic E-state index is 10.1. The minimum atomic E-state index is -0.484. The van der Waals surface area contributed by atoms with Gasteiger partial charge in [-0.25, -0.2) is 4.98 Å². The first-order valence-electron chi connectivity index (χ1n) is 5.74. The van der Waals surface area contributed by atoms with Gasteiger partial charge in [0.2, 0.25) is 0 Å². The van der Waals surface area contributed by atoms with Gasteiger partial charge in [0.15, 0.2) is 0 Å². The van der Waals surface area contributed by atoms with Gasteiger partial charge < -0.3 is 5.11 Å². The zero-order valence-electron chi connectivity index (χ0n) is 10.3. The molecule has 4 nitrogen and oxygen atoms in total. The highest BCUT2D eigenvalue weighted by atomic mass is 32.1. The Bertz CT molecular complexity index is 504. The number of aliphatic hydroxyl groups excluding tert-OH is 1. The van der Waals surface area contributed by atoms with Crippen LogP contribution in [0.4, 0.5) is 0 Å². The van der Waals surface area contributed by atoms with Crippen LogP contribution in [-0.4, -0.2) is 19.9 Å². The van der Waals surface area contributed by atoms with Gasteiger partial charge in [-0.15, -0.1) is 11.3 Å². The molecule has 0 aromatic carbocycles. The predicted octanol–water partition coefficient (Wildman–Crippen LogP) is 2.25. The fraction of sp³-hybridized carbons (Fsp3) is 0.500. The third kappa shape index (κ3) is 2.73. The maximum Gasteiger partial charge on any atom is 0.0953 e. The number of hydrogen-bond acceptors (Lipinski definition) is 4. The summed E-state index contributed by atoms with van der Waals surface area (Å²) in [5.74, 6) is 0. The van der Waals surface area contributed by atoms with E-state index in [9.17, 15) is 5.11 Å². The quantitative estimate of drug-likeness (QED) is 0.906. The lowest BCUT2D eigenvalue weighted by Crippen LogP contribution is -2.07. The first kappa shape index (κ1) is 12.3. The zero-order chi connectivity index (χ0) is 12.4. The molecule has 1 N–H and O–H groups in total. The molecule has 0 radical (unpaired) electrons. The second kappa shape index (κ2) is 4.98. The van der Waals surface area contributed by atoms with Gasteiger partial charge in [0, 0.05) is 24.9 Å². The lowest BCUT2D eigenvalue weighted by atomic mass is 10.1. The molecule has 0 saturated heterocycles. The smallest absolute Gasteiger partial charge is 0.0953 e. The monoisotopic (exact) mass is 251 g/mol. The molecular weight excluding hydrogens is 234 g/mol. The van der Waals surface area contributed by atoms with E-state index in [0.29, 0.717) is 6.42 Å².